The fourth-order valence-corrected chi connectivity index (χ4v) is 1.63. The van der Waals surface area contributed by atoms with E-state index in [1.807, 2.05) is 19.1 Å². The first kappa shape index (κ1) is 12.6. The number of rotatable bonds is 3. The van der Waals surface area contributed by atoms with Gasteiger partial charge >= 0.3 is 11.9 Å². The van der Waals surface area contributed by atoms with Gasteiger partial charge in [-0.1, -0.05) is 23.7 Å². The van der Waals surface area contributed by atoms with Crippen molar-refractivity contribution in [3.63, 3.8) is 0 Å². The molecule has 0 fully saturated rings. The van der Waals surface area contributed by atoms with Crippen LogP contribution in [0.2, 0.25) is 5.02 Å². The molecule has 0 saturated carbocycles. The van der Waals surface area contributed by atoms with Gasteiger partial charge < -0.3 is 9.15 Å². The molecule has 0 aliphatic rings. The summed E-state index contributed by atoms with van der Waals surface area (Å²) in [6, 6.07) is 5.44. The fourth-order valence-electron chi connectivity index (χ4n) is 1.42. The van der Waals surface area contributed by atoms with Crippen LogP contribution in [0.1, 0.15) is 23.2 Å². The summed E-state index contributed by atoms with van der Waals surface area (Å²) in [5.41, 5.74) is 1.49. The van der Waals surface area contributed by atoms with Gasteiger partial charge in [-0.25, -0.2) is 4.79 Å². The van der Waals surface area contributed by atoms with E-state index >= 15 is 0 Å². The van der Waals surface area contributed by atoms with Crippen LogP contribution >= 0.6 is 11.6 Å². The number of carbonyl (C=O) groups is 1. The van der Waals surface area contributed by atoms with Crippen molar-refractivity contribution in [1.82, 2.24) is 10.2 Å². The molecule has 0 amide bonds. The Hall–Kier alpha value is -1.88. The van der Waals surface area contributed by atoms with E-state index in [1.54, 1.807) is 13.0 Å². The van der Waals surface area contributed by atoms with Crippen LogP contribution in [0.4, 0.5) is 0 Å². The second-order valence-electron chi connectivity index (χ2n) is 3.57. The summed E-state index contributed by atoms with van der Waals surface area (Å²) in [5.74, 6) is -0.615. The third-order valence-corrected chi connectivity index (χ3v) is 2.80. The molecule has 0 N–H and O–H groups in total. The van der Waals surface area contributed by atoms with Gasteiger partial charge in [0.1, 0.15) is 0 Å². The second-order valence-corrected chi connectivity index (χ2v) is 3.95. The maximum atomic E-state index is 11.4. The average molecular weight is 267 g/mol. The molecule has 0 aliphatic carbocycles. The maximum Gasteiger partial charge on any atom is 0.396 e. The summed E-state index contributed by atoms with van der Waals surface area (Å²) in [6.07, 6.45) is 0. The van der Waals surface area contributed by atoms with Crippen molar-refractivity contribution in [3.05, 3.63) is 34.7 Å². The molecule has 94 valence electrons. The number of nitrogens with zero attached hydrogens (tertiary/aromatic N) is 2. The number of hydrogen-bond donors (Lipinski definition) is 0. The number of hydrogen-bond acceptors (Lipinski definition) is 5. The molecule has 1 heterocycles. The van der Waals surface area contributed by atoms with Crippen molar-refractivity contribution >= 4 is 17.6 Å². The highest BCUT2D eigenvalue weighted by Gasteiger charge is 2.18. The van der Waals surface area contributed by atoms with Crippen molar-refractivity contribution in [2.24, 2.45) is 0 Å². The van der Waals surface area contributed by atoms with Crippen molar-refractivity contribution in [1.29, 1.82) is 0 Å². The molecule has 5 nitrogen and oxygen atoms in total. The zero-order chi connectivity index (χ0) is 13.1. The van der Waals surface area contributed by atoms with E-state index in [0.717, 1.165) is 5.56 Å². The van der Waals surface area contributed by atoms with Gasteiger partial charge in [-0.15, -0.1) is 10.2 Å². The lowest BCUT2D eigenvalue weighted by Crippen LogP contribution is -2.04. The molecule has 18 heavy (non-hydrogen) atoms. The molecule has 2 aromatic rings. The number of aryl methyl sites for hydroxylation is 1. The van der Waals surface area contributed by atoms with Crippen LogP contribution in [-0.2, 0) is 4.74 Å². The Bertz CT molecular complexity index is 580. The van der Waals surface area contributed by atoms with Crippen LogP contribution < -0.4 is 0 Å². The Morgan fingerprint density at radius 1 is 1.44 bits per heavy atom. The van der Waals surface area contributed by atoms with E-state index in [0.29, 0.717) is 10.6 Å². The van der Waals surface area contributed by atoms with E-state index in [2.05, 4.69) is 10.2 Å². The van der Waals surface area contributed by atoms with Gasteiger partial charge in [0.05, 0.1) is 17.2 Å². The zero-order valence-electron chi connectivity index (χ0n) is 9.94. The number of halogens is 1. The monoisotopic (exact) mass is 266 g/mol. The molecular formula is C12H11ClN2O3. The lowest BCUT2D eigenvalue weighted by atomic mass is 10.1. The lowest BCUT2D eigenvalue weighted by Gasteiger charge is -2.01. The molecule has 0 aliphatic heterocycles. The Labute approximate surface area is 109 Å². The number of carbonyl (C=O) groups excluding carboxylic acids is 1. The largest absolute Gasteiger partial charge is 0.459 e. The van der Waals surface area contributed by atoms with Gasteiger partial charge in [0, 0.05) is 0 Å². The molecule has 0 saturated heterocycles. The van der Waals surface area contributed by atoms with E-state index in [4.69, 9.17) is 20.8 Å². The molecule has 0 bridgehead atoms. The topological polar surface area (TPSA) is 65.2 Å². The Morgan fingerprint density at radius 3 is 2.94 bits per heavy atom. The molecule has 0 atom stereocenters. The Kier molecular flexibility index (Phi) is 3.62. The molecular weight excluding hydrogens is 256 g/mol. The number of benzene rings is 1. The van der Waals surface area contributed by atoms with Crippen molar-refractivity contribution in [2.75, 3.05) is 6.61 Å². The van der Waals surface area contributed by atoms with Gasteiger partial charge in [0.25, 0.3) is 0 Å². The number of esters is 1. The van der Waals surface area contributed by atoms with Crippen LogP contribution in [0.15, 0.2) is 22.6 Å². The minimum absolute atomic E-state index is 0.176. The molecule has 6 heteroatoms. The summed E-state index contributed by atoms with van der Waals surface area (Å²) in [5, 5.41) is 7.95. The third kappa shape index (κ3) is 2.36. The fraction of sp³-hybridized carbons (Fsp3) is 0.250. The molecule has 1 aromatic carbocycles. The van der Waals surface area contributed by atoms with Crippen LogP contribution in [0.3, 0.4) is 0 Å². The summed E-state index contributed by atoms with van der Waals surface area (Å²) in [7, 11) is 0. The lowest BCUT2D eigenvalue weighted by molar-refractivity contribution is 0.0481. The highest BCUT2D eigenvalue weighted by atomic mass is 35.5. The normalized spacial score (nSPS) is 10.4. The Morgan fingerprint density at radius 2 is 2.22 bits per heavy atom. The second kappa shape index (κ2) is 5.18. The van der Waals surface area contributed by atoms with E-state index in [1.165, 1.54) is 0 Å². The smallest absolute Gasteiger partial charge is 0.396 e. The molecule has 0 radical (unpaired) electrons. The van der Waals surface area contributed by atoms with Crippen molar-refractivity contribution in [2.45, 2.75) is 13.8 Å². The van der Waals surface area contributed by atoms with Crippen LogP contribution in [0.25, 0.3) is 11.5 Å². The van der Waals surface area contributed by atoms with Gasteiger partial charge in [-0.2, -0.15) is 0 Å². The molecule has 0 unspecified atom stereocenters. The predicted molar refractivity (Wildman–Crippen MR) is 65.4 cm³/mol. The van der Waals surface area contributed by atoms with E-state index in [9.17, 15) is 4.79 Å². The number of aromatic nitrogens is 2. The first-order chi connectivity index (χ1) is 8.63. The average Bonchev–Trinajstić information content (AvgIpc) is 2.82. The minimum Gasteiger partial charge on any atom is -0.459 e. The van der Waals surface area contributed by atoms with Gasteiger partial charge in [-0.3, -0.25) is 0 Å². The molecule has 1 aromatic heterocycles. The van der Waals surface area contributed by atoms with E-state index in [-0.39, 0.29) is 18.4 Å². The summed E-state index contributed by atoms with van der Waals surface area (Å²) >= 11 is 6.13. The first-order valence-corrected chi connectivity index (χ1v) is 5.77. The standard InChI is InChI=1S/C12H11ClN2O3/c1-3-17-12(16)11-15-14-10(18-11)8-6-4-5-7(2)9(8)13/h4-6H,3H2,1-2H3. The predicted octanol–water partition coefficient (Wildman–Crippen LogP) is 2.88. The minimum atomic E-state index is -0.639. The molecule has 2 rings (SSSR count). The summed E-state index contributed by atoms with van der Waals surface area (Å²) in [4.78, 5) is 11.4. The van der Waals surface area contributed by atoms with Crippen LogP contribution in [-0.4, -0.2) is 22.8 Å². The summed E-state index contributed by atoms with van der Waals surface area (Å²) in [6.45, 7) is 3.82. The van der Waals surface area contributed by atoms with Crippen LogP contribution in [0.5, 0.6) is 0 Å². The summed E-state index contributed by atoms with van der Waals surface area (Å²) < 4.78 is 10.0. The van der Waals surface area contributed by atoms with Crippen molar-refractivity contribution < 1.29 is 13.9 Å². The van der Waals surface area contributed by atoms with Crippen LogP contribution in [0, 0.1) is 6.92 Å². The Balaban J connectivity index is 2.35. The highest BCUT2D eigenvalue weighted by molar-refractivity contribution is 6.33. The van der Waals surface area contributed by atoms with Gasteiger partial charge in [0.2, 0.25) is 5.89 Å². The van der Waals surface area contributed by atoms with Gasteiger partial charge in [0.15, 0.2) is 0 Å². The number of ether oxygens (including phenoxy) is 1. The third-order valence-electron chi connectivity index (χ3n) is 2.30. The van der Waals surface area contributed by atoms with Gasteiger partial charge in [-0.05, 0) is 25.5 Å². The zero-order valence-corrected chi connectivity index (χ0v) is 10.7. The van der Waals surface area contributed by atoms with Crippen molar-refractivity contribution in [3.8, 4) is 11.5 Å². The van der Waals surface area contributed by atoms with E-state index < -0.39 is 5.97 Å². The SMILES string of the molecule is CCOC(=O)c1nnc(-c2cccc(C)c2Cl)o1. The highest BCUT2D eigenvalue weighted by Crippen LogP contribution is 2.29. The maximum absolute atomic E-state index is 11.4. The molecule has 0 spiro atoms. The first-order valence-electron chi connectivity index (χ1n) is 5.39. The quantitative estimate of drug-likeness (QED) is 0.799.